The molecule has 2 N–H and O–H groups in total. The van der Waals surface area contributed by atoms with E-state index in [0.29, 0.717) is 12.0 Å². The molecule has 1 saturated heterocycles. The lowest BCUT2D eigenvalue weighted by Gasteiger charge is -2.14. The molecule has 4 heteroatoms. The molecule has 1 aliphatic heterocycles. The van der Waals surface area contributed by atoms with Crippen molar-refractivity contribution in [3.63, 3.8) is 0 Å². The van der Waals surface area contributed by atoms with Crippen LogP contribution >= 0.6 is 0 Å². The molecule has 14 heavy (non-hydrogen) atoms. The molecule has 78 valence electrons. The standard InChI is InChI=1S/C10H17N3O/c1-8(10-11-3-4-12-10)13-6-9-2-5-14-7-9/h3-4,8-9,13H,2,5-7H2,1H3,(H,11,12). The lowest BCUT2D eigenvalue weighted by Crippen LogP contribution is -2.26. The number of nitrogens with one attached hydrogen (secondary N) is 2. The van der Waals surface area contributed by atoms with E-state index in [4.69, 9.17) is 4.74 Å². The van der Waals surface area contributed by atoms with Gasteiger partial charge in [0.05, 0.1) is 12.6 Å². The molecule has 2 heterocycles. The third-order valence-electron chi connectivity index (χ3n) is 2.67. The number of aromatic amines is 1. The highest BCUT2D eigenvalue weighted by molar-refractivity contribution is 4.93. The second kappa shape index (κ2) is 4.57. The van der Waals surface area contributed by atoms with Gasteiger partial charge in [-0.1, -0.05) is 0 Å². The molecular weight excluding hydrogens is 178 g/mol. The maximum atomic E-state index is 5.32. The summed E-state index contributed by atoms with van der Waals surface area (Å²) in [6.45, 7) is 4.95. The number of nitrogens with zero attached hydrogens (tertiary/aromatic N) is 1. The van der Waals surface area contributed by atoms with Crippen LogP contribution in [0.3, 0.4) is 0 Å². The minimum Gasteiger partial charge on any atom is -0.381 e. The Balaban J connectivity index is 1.74. The maximum absolute atomic E-state index is 5.32. The van der Waals surface area contributed by atoms with Crippen molar-refractivity contribution in [3.05, 3.63) is 18.2 Å². The second-order valence-corrected chi connectivity index (χ2v) is 3.83. The van der Waals surface area contributed by atoms with Gasteiger partial charge in [-0.25, -0.2) is 4.98 Å². The van der Waals surface area contributed by atoms with Gasteiger partial charge in [0.2, 0.25) is 0 Å². The molecule has 0 saturated carbocycles. The summed E-state index contributed by atoms with van der Waals surface area (Å²) in [5, 5.41) is 3.45. The first kappa shape index (κ1) is 9.68. The molecule has 0 bridgehead atoms. The molecule has 0 aliphatic carbocycles. The minimum absolute atomic E-state index is 0.297. The van der Waals surface area contributed by atoms with Crippen LogP contribution in [-0.4, -0.2) is 29.7 Å². The average molecular weight is 195 g/mol. The molecule has 0 spiro atoms. The SMILES string of the molecule is CC(NCC1CCOC1)c1ncc[nH]1. The largest absolute Gasteiger partial charge is 0.381 e. The van der Waals surface area contributed by atoms with Crippen molar-refractivity contribution >= 4 is 0 Å². The third-order valence-corrected chi connectivity index (χ3v) is 2.67. The average Bonchev–Trinajstić information content (AvgIpc) is 2.87. The van der Waals surface area contributed by atoms with Gasteiger partial charge in [-0.05, 0) is 19.3 Å². The van der Waals surface area contributed by atoms with Gasteiger partial charge in [-0.3, -0.25) is 0 Å². The Morgan fingerprint density at radius 3 is 3.36 bits per heavy atom. The van der Waals surface area contributed by atoms with Crippen LogP contribution in [0, 0.1) is 5.92 Å². The van der Waals surface area contributed by atoms with Crippen LogP contribution in [0.5, 0.6) is 0 Å². The lowest BCUT2D eigenvalue weighted by molar-refractivity contribution is 0.184. The van der Waals surface area contributed by atoms with Crippen LogP contribution in [-0.2, 0) is 4.74 Å². The zero-order chi connectivity index (χ0) is 9.80. The zero-order valence-electron chi connectivity index (χ0n) is 8.49. The van der Waals surface area contributed by atoms with E-state index >= 15 is 0 Å². The molecule has 0 aromatic carbocycles. The van der Waals surface area contributed by atoms with Crippen LogP contribution in [0.2, 0.25) is 0 Å². The van der Waals surface area contributed by atoms with Crippen molar-refractivity contribution < 1.29 is 4.74 Å². The summed E-state index contributed by atoms with van der Waals surface area (Å²) < 4.78 is 5.32. The molecule has 1 aromatic heterocycles. The number of hydrogen-bond donors (Lipinski definition) is 2. The molecule has 0 radical (unpaired) electrons. The molecule has 2 unspecified atom stereocenters. The number of imidazole rings is 1. The Kier molecular flexibility index (Phi) is 3.16. The molecule has 2 rings (SSSR count). The number of hydrogen-bond acceptors (Lipinski definition) is 3. The van der Waals surface area contributed by atoms with Crippen LogP contribution < -0.4 is 5.32 Å². The lowest BCUT2D eigenvalue weighted by atomic mass is 10.1. The summed E-state index contributed by atoms with van der Waals surface area (Å²) in [5.41, 5.74) is 0. The van der Waals surface area contributed by atoms with Gasteiger partial charge in [-0.15, -0.1) is 0 Å². The molecule has 0 amide bonds. The minimum atomic E-state index is 0.297. The Hall–Kier alpha value is -0.870. The summed E-state index contributed by atoms with van der Waals surface area (Å²) >= 11 is 0. The zero-order valence-corrected chi connectivity index (χ0v) is 8.49. The van der Waals surface area contributed by atoms with E-state index in [-0.39, 0.29) is 0 Å². The van der Waals surface area contributed by atoms with Gasteiger partial charge in [0.15, 0.2) is 0 Å². The van der Waals surface area contributed by atoms with E-state index in [9.17, 15) is 0 Å². The Bertz CT molecular complexity index is 254. The van der Waals surface area contributed by atoms with Crippen LogP contribution in [0.1, 0.15) is 25.2 Å². The van der Waals surface area contributed by atoms with Gasteiger partial charge < -0.3 is 15.0 Å². The summed E-state index contributed by atoms with van der Waals surface area (Å²) in [4.78, 5) is 7.32. The topological polar surface area (TPSA) is 49.9 Å². The first-order valence-corrected chi connectivity index (χ1v) is 5.16. The summed E-state index contributed by atoms with van der Waals surface area (Å²) in [6, 6.07) is 0.297. The molecule has 1 fully saturated rings. The Labute approximate surface area is 84.1 Å². The maximum Gasteiger partial charge on any atom is 0.122 e. The van der Waals surface area contributed by atoms with Crippen LogP contribution in [0.15, 0.2) is 12.4 Å². The Morgan fingerprint density at radius 2 is 2.71 bits per heavy atom. The quantitative estimate of drug-likeness (QED) is 0.756. The number of H-pyrrole nitrogens is 1. The highest BCUT2D eigenvalue weighted by atomic mass is 16.5. The second-order valence-electron chi connectivity index (χ2n) is 3.83. The molecule has 1 aromatic rings. The van der Waals surface area contributed by atoms with Crippen LogP contribution in [0.4, 0.5) is 0 Å². The van der Waals surface area contributed by atoms with Crippen molar-refractivity contribution in [1.82, 2.24) is 15.3 Å². The van der Waals surface area contributed by atoms with E-state index in [2.05, 4.69) is 22.2 Å². The highest BCUT2D eigenvalue weighted by Crippen LogP contribution is 2.13. The number of rotatable bonds is 4. The van der Waals surface area contributed by atoms with Gasteiger partial charge in [0, 0.05) is 25.5 Å². The van der Waals surface area contributed by atoms with Crippen molar-refractivity contribution in [2.24, 2.45) is 5.92 Å². The molecule has 2 atom stereocenters. The summed E-state index contributed by atoms with van der Waals surface area (Å²) in [5.74, 6) is 1.68. The van der Waals surface area contributed by atoms with Crippen molar-refractivity contribution in [2.45, 2.75) is 19.4 Å². The first-order valence-electron chi connectivity index (χ1n) is 5.16. The fraction of sp³-hybridized carbons (Fsp3) is 0.700. The fourth-order valence-electron chi connectivity index (χ4n) is 1.70. The van der Waals surface area contributed by atoms with Crippen molar-refractivity contribution in [3.8, 4) is 0 Å². The highest BCUT2D eigenvalue weighted by Gasteiger charge is 2.16. The molecular formula is C10H17N3O. The smallest absolute Gasteiger partial charge is 0.122 e. The third kappa shape index (κ3) is 2.33. The predicted molar refractivity (Wildman–Crippen MR) is 53.9 cm³/mol. The summed E-state index contributed by atoms with van der Waals surface area (Å²) in [7, 11) is 0. The molecule has 4 nitrogen and oxygen atoms in total. The number of ether oxygens (including phenoxy) is 1. The van der Waals surface area contributed by atoms with Gasteiger partial charge >= 0.3 is 0 Å². The molecule has 1 aliphatic rings. The summed E-state index contributed by atoms with van der Waals surface area (Å²) in [6.07, 6.45) is 4.82. The van der Waals surface area contributed by atoms with Gasteiger partial charge in [-0.2, -0.15) is 0 Å². The first-order chi connectivity index (χ1) is 6.86. The van der Waals surface area contributed by atoms with Crippen molar-refractivity contribution in [2.75, 3.05) is 19.8 Å². The predicted octanol–water partition coefficient (Wildman–Crippen LogP) is 1.10. The normalized spacial score (nSPS) is 23.9. The Morgan fingerprint density at radius 1 is 1.79 bits per heavy atom. The van der Waals surface area contributed by atoms with E-state index in [0.717, 1.165) is 25.6 Å². The monoisotopic (exact) mass is 195 g/mol. The number of aromatic nitrogens is 2. The van der Waals surface area contributed by atoms with Gasteiger partial charge in [0.1, 0.15) is 5.82 Å². The van der Waals surface area contributed by atoms with E-state index in [1.54, 1.807) is 6.20 Å². The fourth-order valence-corrected chi connectivity index (χ4v) is 1.70. The van der Waals surface area contributed by atoms with E-state index < -0.39 is 0 Å². The van der Waals surface area contributed by atoms with E-state index in [1.165, 1.54) is 6.42 Å². The van der Waals surface area contributed by atoms with Crippen molar-refractivity contribution in [1.29, 1.82) is 0 Å². The van der Waals surface area contributed by atoms with Gasteiger partial charge in [0.25, 0.3) is 0 Å². The van der Waals surface area contributed by atoms with E-state index in [1.807, 2.05) is 6.20 Å². The van der Waals surface area contributed by atoms with Crippen LogP contribution in [0.25, 0.3) is 0 Å².